The zero-order valence-corrected chi connectivity index (χ0v) is 12.3. The quantitative estimate of drug-likeness (QED) is 0.928. The summed E-state index contributed by atoms with van der Waals surface area (Å²) in [4.78, 5) is 6.15. The fourth-order valence-electron chi connectivity index (χ4n) is 1.94. The average molecular weight is 291 g/mol. The van der Waals surface area contributed by atoms with E-state index in [1.54, 1.807) is 30.3 Å². The minimum absolute atomic E-state index is 0.209. The largest absolute Gasteiger partial charge is 0.328 e. The van der Waals surface area contributed by atoms with E-state index in [1.165, 1.54) is 6.26 Å². The number of hydrogen-bond donors (Lipinski definition) is 1. The second-order valence-corrected chi connectivity index (χ2v) is 6.51. The van der Waals surface area contributed by atoms with Crippen LogP contribution in [0.15, 0.2) is 47.5 Å². The standard InChI is InChI=1S/C14H17N3O2S/c1-17(12-6-3-5-11(9-12)10-15)14-13(20(2,18)19)7-4-8-16-14/h3-9H,10,15H2,1-2H3. The number of sulfone groups is 1. The van der Waals surface area contributed by atoms with Crippen LogP contribution in [-0.4, -0.2) is 26.7 Å². The highest BCUT2D eigenvalue weighted by atomic mass is 32.2. The first-order valence-corrected chi connectivity index (χ1v) is 8.00. The van der Waals surface area contributed by atoms with E-state index in [1.807, 2.05) is 24.3 Å². The lowest BCUT2D eigenvalue weighted by atomic mass is 10.2. The van der Waals surface area contributed by atoms with Gasteiger partial charge in [0.05, 0.1) is 0 Å². The van der Waals surface area contributed by atoms with Gasteiger partial charge >= 0.3 is 0 Å². The molecule has 0 spiro atoms. The summed E-state index contributed by atoms with van der Waals surface area (Å²) in [7, 11) is -1.55. The van der Waals surface area contributed by atoms with Gasteiger partial charge < -0.3 is 10.6 Å². The summed E-state index contributed by atoms with van der Waals surface area (Å²) in [5.74, 6) is 0.407. The fraction of sp³-hybridized carbons (Fsp3) is 0.214. The Bertz CT molecular complexity index is 714. The van der Waals surface area contributed by atoms with E-state index in [-0.39, 0.29) is 4.90 Å². The third-order valence-corrected chi connectivity index (χ3v) is 4.12. The van der Waals surface area contributed by atoms with Crippen LogP contribution in [0.5, 0.6) is 0 Å². The van der Waals surface area contributed by atoms with Crippen LogP contribution in [0.25, 0.3) is 0 Å². The molecule has 0 saturated heterocycles. The number of hydrogen-bond acceptors (Lipinski definition) is 5. The fourth-order valence-corrected chi connectivity index (χ4v) is 2.78. The molecule has 2 aromatic rings. The Kier molecular flexibility index (Phi) is 4.06. The van der Waals surface area contributed by atoms with E-state index in [0.29, 0.717) is 12.4 Å². The van der Waals surface area contributed by atoms with Gasteiger partial charge in [0, 0.05) is 31.7 Å². The first kappa shape index (κ1) is 14.5. The van der Waals surface area contributed by atoms with Crippen molar-refractivity contribution in [2.45, 2.75) is 11.4 Å². The number of anilines is 2. The molecule has 1 aromatic carbocycles. The maximum atomic E-state index is 11.8. The van der Waals surface area contributed by atoms with Crippen LogP contribution < -0.4 is 10.6 Å². The number of rotatable bonds is 4. The summed E-state index contributed by atoms with van der Waals surface area (Å²) in [6, 6.07) is 10.8. The van der Waals surface area contributed by atoms with E-state index < -0.39 is 9.84 Å². The van der Waals surface area contributed by atoms with Gasteiger partial charge in [-0.25, -0.2) is 13.4 Å². The highest BCUT2D eigenvalue weighted by Crippen LogP contribution is 2.28. The van der Waals surface area contributed by atoms with Crippen LogP contribution in [0.1, 0.15) is 5.56 Å². The maximum absolute atomic E-state index is 11.8. The van der Waals surface area contributed by atoms with Crippen molar-refractivity contribution < 1.29 is 8.42 Å². The molecule has 20 heavy (non-hydrogen) atoms. The van der Waals surface area contributed by atoms with Crippen LogP contribution in [-0.2, 0) is 16.4 Å². The first-order valence-electron chi connectivity index (χ1n) is 6.11. The SMILES string of the molecule is CN(c1cccc(CN)c1)c1ncccc1S(C)(=O)=O. The van der Waals surface area contributed by atoms with Crippen molar-refractivity contribution in [2.24, 2.45) is 5.73 Å². The Morgan fingerprint density at radius 3 is 2.65 bits per heavy atom. The topological polar surface area (TPSA) is 76.3 Å². The number of benzene rings is 1. The van der Waals surface area contributed by atoms with Crippen molar-refractivity contribution in [1.82, 2.24) is 4.98 Å². The van der Waals surface area contributed by atoms with Gasteiger partial charge in [0.1, 0.15) is 4.90 Å². The summed E-state index contributed by atoms with van der Waals surface area (Å²) in [5.41, 5.74) is 7.45. The zero-order valence-electron chi connectivity index (χ0n) is 11.4. The van der Waals surface area contributed by atoms with Gasteiger partial charge in [-0.2, -0.15) is 0 Å². The molecule has 0 amide bonds. The van der Waals surface area contributed by atoms with Gasteiger partial charge in [-0.05, 0) is 29.8 Å². The highest BCUT2D eigenvalue weighted by molar-refractivity contribution is 7.90. The molecule has 0 saturated carbocycles. The van der Waals surface area contributed by atoms with E-state index in [4.69, 9.17) is 5.73 Å². The smallest absolute Gasteiger partial charge is 0.179 e. The molecule has 0 aliphatic heterocycles. The molecule has 0 fully saturated rings. The minimum atomic E-state index is -3.33. The van der Waals surface area contributed by atoms with Crippen molar-refractivity contribution in [2.75, 3.05) is 18.2 Å². The lowest BCUT2D eigenvalue weighted by Gasteiger charge is -2.21. The molecule has 0 atom stereocenters. The van der Waals surface area contributed by atoms with Crippen LogP contribution >= 0.6 is 0 Å². The lowest BCUT2D eigenvalue weighted by Crippen LogP contribution is -2.15. The van der Waals surface area contributed by atoms with Crippen molar-refractivity contribution in [3.63, 3.8) is 0 Å². The monoisotopic (exact) mass is 291 g/mol. The molecule has 106 valence electrons. The average Bonchev–Trinajstić information content (AvgIpc) is 2.45. The van der Waals surface area contributed by atoms with Gasteiger partial charge in [-0.3, -0.25) is 0 Å². The molecule has 0 aliphatic rings. The Balaban J connectivity index is 2.51. The third-order valence-electron chi connectivity index (χ3n) is 3.00. The Morgan fingerprint density at radius 1 is 1.25 bits per heavy atom. The molecule has 1 aromatic heterocycles. The molecular weight excluding hydrogens is 274 g/mol. The molecule has 0 radical (unpaired) electrons. The summed E-state index contributed by atoms with van der Waals surface area (Å²) in [6.45, 7) is 0.433. The minimum Gasteiger partial charge on any atom is -0.328 e. The van der Waals surface area contributed by atoms with Gasteiger partial charge in [0.25, 0.3) is 0 Å². The third kappa shape index (κ3) is 2.97. The van der Waals surface area contributed by atoms with Gasteiger partial charge in [0.15, 0.2) is 15.7 Å². The predicted octanol–water partition coefficient (Wildman–Crippen LogP) is 1.71. The van der Waals surface area contributed by atoms with Crippen molar-refractivity contribution in [3.8, 4) is 0 Å². The second-order valence-electron chi connectivity index (χ2n) is 4.53. The predicted molar refractivity (Wildman–Crippen MR) is 79.7 cm³/mol. The van der Waals surface area contributed by atoms with E-state index >= 15 is 0 Å². The second kappa shape index (κ2) is 5.60. The maximum Gasteiger partial charge on any atom is 0.179 e. The molecule has 2 N–H and O–H groups in total. The lowest BCUT2D eigenvalue weighted by molar-refractivity contribution is 0.601. The Hall–Kier alpha value is -1.92. The molecular formula is C14H17N3O2S. The van der Waals surface area contributed by atoms with Crippen LogP contribution in [0.2, 0.25) is 0 Å². The van der Waals surface area contributed by atoms with Crippen LogP contribution in [0.4, 0.5) is 11.5 Å². The molecule has 5 nitrogen and oxygen atoms in total. The van der Waals surface area contributed by atoms with Crippen LogP contribution in [0, 0.1) is 0 Å². The molecule has 6 heteroatoms. The van der Waals surface area contributed by atoms with Crippen LogP contribution in [0.3, 0.4) is 0 Å². The molecule has 0 aliphatic carbocycles. The highest BCUT2D eigenvalue weighted by Gasteiger charge is 2.18. The number of nitrogens with zero attached hydrogens (tertiary/aromatic N) is 2. The Morgan fingerprint density at radius 2 is 2.00 bits per heavy atom. The van der Waals surface area contributed by atoms with Gasteiger partial charge in [-0.1, -0.05) is 12.1 Å². The van der Waals surface area contributed by atoms with Gasteiger partial charge in [0.2, 0.25) is 0 Å². The van der Waals surface area contributed by atoms with Crippen molar-refractivity contribution in [3.05, 3.63) is 48.2 Å². The summed E-state index contributed by atoms with van der Waals surface area (Å²) < 4.78 is 23.7. The Labute approximate surface area is 119 Å². The summed E-state index contributed by atoms with van der Waals surface area (Å²) >= 11 is 0. The van der Waals surface area contributed by atoms with E-state index in [9.17, 15) is 8.42 Å². The zero-order chi connectivity index (χ0) is 14.8. The van der Waals surface area contributed by atoms with Crippen molar-refractivity contribution in [1.29, 1.82) is 0 Å². The molecule has 2 rings (SSSR count). The first-order chi connectivity index (χ1) is 9.43. The molecule has 0 bridgehead atoms. The van der Waals surface area contributed by atoms with Crippen molar-refractivity contribution >= 4 is 21.3 Å². The number of aromatic nitrogens is 1. The molecule has 1 heterocycles. The van der Waals surface area contributed by atoms with E-state index in [2.05, 4.69) is 4.98 Å². The van der Waals surface area contributed by atoms with E-state index in [0.717, 1.165) is 11.3 Å². The normalized spacial score (nSPS) is 11.3. The van der Waals surface area contributed by atoms with Gasteiger partial charge in [-0.15, -0.1) is 0 Å². The molecule has 0 unspecified atom stereocenters. The summed E-state index contributed by atoms with van der Waals surface area (Å²) in [5, 5.41) is 0. The number of pyridine rings is 1. The number of nitrogens with two attached hydrogens (primary N) is 1. The summed E-state index contributed by atoms with van der Waals surface area (Å²) in [6.07, 6.45) is 2.75.